The van der Waals surface area contributed by atoms with Crippen LogP contribution in [-0.2, 0) is 6.54 Å². The van der Waals surface area contributed by atoms with Gasteiger partial charge in [-0.2, -0.15) is 4.98 Å². The summed E-state index contributed by atoms with van der Waals surface area (Å²) in [5.74, 6) is 0.583. The van der Waals surface area contributed by atoms with Crippen LogP contribution in [0, 0.1) is 5.82 Å². The summed E-state index contributed by atoms with van der Waals surface area (Å²) in [6, 6.07) is 5.04. The lowest BCUT2D eigenvalue weighted by atomic mass is 10.2. The van der Waals surface area contributed by atoms with E-state index in [1.165, 1.54) is 6.07 Å². The van der Waals surface area contributed by atoms with E-state index < -0.39 is 0 Å². The molecule has 1 aromatic carbocycles. The molecule has 2 fully saturated rings. The lowest BCUT2D eigenvalue weighted by Crippen LogP contribution is -2.27. The van der Waals surface area contributed by atoms with Crippen molar-refractivity contribution < 1.29 is 13.7 Å². The number of nitrogens with zero attached hydrogens (tertiary/aromatic N) is 4. The van der Waals surface area contributed by atoms with Crippen LogP contribution in [0.2, 0.25) is 0 Å². The van der Waals surface area contributed by atoms with Gasteiger partial charge in [0.05, 0.1) is 18.1 Å². The molecule has 0 radical (unpaired) electrons. The summed E-state index contributed by atoms with van der Waals surface area (Å²) in [5.41, 5.74) is 1.03. The van der Waals surface area contributed by atoms with E-state index in [0.29, 0.717) is 29.3 Å². The molecule has 8 nitrogen and oxygen atoms in total. The van der Waals surface area contributed by atoms with Crippen LogP contribution in [-0.4, -0.2) is 43.5 Å². The Bertz CT molecular complexity index is 995. The molecule has 1 amide bonds. The van der Waals surface area contributed by atoms with E-state index >= 15 is 0 Å². The Kier molecular flexibility index (Phi) is 3.89. The second-order valence-corrected chi connectivity index (χ2v) is 7.15. The van der Waals surface area contributed by atoms with E-state index in [1.54, 1.807) is 12.1 Å². The zero-order valence-corrected chi connectivity index (χ0v) is 14.6. The van der Waals surface area contributed by atoms with Crippen molar-refractivity contribution in [2.24, 2.45) is 0 Å². The molecule has 0 unspecified atom stereocenters. The number of H-pyrrole nitrogens is 1. The third-order valence-electron chi connectivity index (χ3n) is 5.07. The number of imidazole rings is 1. The summed E-state index contributed by atoms with van der Waals surface area (Å²) < 4.78 is 19.2. The molecule has 0 spiro atoms. The number of hydrogen-bond donors (Lipinski definition) is 2. The minimum atomic E-state index is -0.337. The van der Waals surface area contributed by atoms with Gasteiger partial charge in [-0.05, 0) is 44.4 Å². The van der Waals surface area contributed by atoms with Gasteiger partial charge in [-0.25, -0.2) is 9.37 Å². The van der Waals surface area contributed by atoms with E-state index in [0.717, 1.165) is 32.2 Å². The van der Waals surface area contributed by atoms with E-state index in [9.17, 15) is 9.18 Å². The zero-order valence-electron chi connectivity index (χ0n) is 14.6. The Labute approximate surface area is 154 Å². The van der Waals surface area contributed by atoms with Gasteiger partial charge in [-0.15, -0.1) is 0 Å². The van der Waals surface area contributed by atoms with Gasteiger partial charge < -0.3 is 14.8 Å². The highest BCUT2D eigenvalue weighted by Crippen LogP contribution is 2.32. The number of fused-ring (bicyclic) bond motifs is 1. The summed E-state index contributed by atoms with van der Waals surface area (Å²) in [6.45, 7) is 1.36. The molecule has 3 heterocycles. The third-order valence-corrected chi connectivity index (χ3v) is 5.07. The second-order valence-electron chi connectivity index (χ2n) is 7.15. The fraction of sp³-hybridized carbons (Fsp3) is 0.444. The maximum Gasteiger partial charge on any atom is 0.292 e. The largest absolute Gasteiger partial charge is 0.346 e. The van der Waals surface area contributed by atoms with Crippen LogP contribution < -0.4 is 5.32 Å². The highest BCUT2D eigenvalue weighted by Gasteiger charge is 2.33. The number of aromatic nitrogens is 4. The number of amides is 1. The van der Waals surface area contributed by atoms with Gasteiger partial charge >= 0.3 is 0 Å². The molecular weight excluding hydrogens is 351 g/mol. The number of carbonyl (C=O) groups excluding carboxylic acids is 1. The normalized spacial score (nSPS) is 20.4. The summed E-state index contributed by atoms with van der Waals surface area (Å²) in [4.78, 5) is 26.1. The molecule has 1 aliphatic carbocycles. The Morgan fingerprint density at radius 2 is 2.22 bits per heavy atom. The number of rotatable bonds is 5. The van der Waals surface area contributed by atoms with Crippen molar-refractivity contribution in [3.63, 3.8) is 0 Å². The van der Waals surface area contributed by atoms with Gasteiger partial charge in [0.15, 0.2) is 5.82 Å². The van der Waals surface area contributed by atoms with Gasteiger partial charge in [0.25, 0.3) is 11.7 Å². The lowest BCUT2D eigenvalue weighted by molar-refractivity contribution is 0.0937. The Morgan fingerprint density at radius 1 is 1.33 bits per heavy atom. The number of aromatic amines is 1. The van der Waals surface area contributed by atoms with Crippen LogP contribution in [0.5, 0.6) is 0 Å². The van der Waals surface area contributed by atoms with E-state index in [1.807, 2.05) is 0 Å². The highest BCUT2D eigenvalue weighted by atomic mass is 19.1. The molecule has 2 aliphatic rings. The van der Waals surface area contributed by atoms with Crippen molar-refractivity contribution in [1.82, 2.24) is 30.3 Å². The molecule has 27 heavy (non-hydrogen) atoms. The monoisotopic (exact) mass is 370 g/mol. The van der Waals surface area contributed by atoms with Gasteiger partial charge in [-0.1, -0.05) is 11.2 Å². The molecule has 5 rings (SSSR count). The Balaban J connectivity index is 1.33. The molecule has 9 heteroatoms. The van der Waals surface area contributed by atoms with Crippen LogP contribution in [0.15, 0.2) is 22.7 Å². The summed E-state index contributed by atoms with van der Waals surface area (Å²) in [5, 5.41) is 6.69. The average Bonchev–Trinajstić information content (AvgIpc) is 3.06. The summed E-state index contributed by atoms with van der Waals surface area (Å²) in [6.07, 6.45) is 3.85. The Hall–Kier alpha value is -2.81. The van der Waals surface area contributed by atoms with E-state index in [4.69, 9.17) is 4.52 Å². The van der Waals surface area contributed by atoms with Gasteiger partial charge in [0, 0.05) is 6.04 Å². The number of carbonyl (C=O) groups is 1. The number of likely N-dealkylation sites (tertiary alicyclic amines) is 1. The Morgan fingerprint density at radius 3 is 3.04 bits per heavy atom. The fourth-order valence-electron chi connectivity index (χ4n) is 3.55. The number of para-hydroxylation sites is 1. The molecule has 1 aliphatic heterocycles. The molecule has 2 aromatic heterocycles. The van der Waals surface area contributed by atoms with E-state index in [-0.39, 0.29) is 29.6 Å². The maximum atomic E-state index is 13.9. The summed E-state index contributed by atoms with van der Waals surface area (Å²) >= 11 is 0. The molecule has 1 saturated heterocycles. The molecule has 1 saturated carbocycles. The fourth-order valence-corrected chi connectivity index (χ4v) is 3.55. The van der Waals surface area contributed by atoms with Crippen LogP contribution in [0.1, 0.15) is 54.1 Å². The standard InChI is InChI=1S/C18H19FN6O2/c19-11-3-1-4-12-15(11)22-14(21-12)9-25-8-2-5-13(25)18-23-16(24-27-18)17(26)20-10-6-7-10/h1,3-4,10,13H,2,5-9H2,(H,20,26)(H,21,22)/t13-/m0/s1. The van der Waals surface area contributed by atoms with Crippen molar-refractivity contribution in [2.75, 3.05) is 6.54 Å². The lowest BCUT2D eigenvalue weighted by Gasteiger charge is -2.19. The first-order chi connectivity index (χ1) is 13.2. The zero-order chi connectivity index (χ0) is 18.4. The van der Waals surface area contributed by atoms with Crippen molar-refractivity contribution in [1.29, 1.82) is 0 Å². The molecule has 3 aromatic rings. The smallest absolute Gasteiger partial charge is 0.292 e. The van der Waals surface area contributed by atoms with Crippen molar-refractivity contribution in [2.45, 2.75) is 44.3 Å². The number of hydrogen-bond acceptors (Lipinski definition) is 6. The quantitative estimate of drug-likeness (QED) is 0.715. The first-order valence-electron chi connectivity index (χ1n) is 9.19. The van der Waals surface area contributed by atoms with Gasteiger partial charge in [0.1, 0.15) is 11.3 Å². The molecule has 0 bridgehead atoms. The number of nitrogens with one attached hydrogen (secondary N) is 2. The minimum Gasteiger partial charge on any atom is -0.346 e. The van der Waals surface area contributed by atoms with E-state index in [2.05, 4.69) is 30.3 Å². The van der Waals surface area contributed by atoms with Crippen molar-refractivity contribution in [3.8, 4) is 0 Å². The maximum absolute atomic E-state index is 13.9. The minimum absolute atomic E-state index is 0.0713. The first-order valence-corrected chi connectivity index (χ1v) is 9.19. The molecular formula is C18H19FN6O2. The molecule has 140 valence electrons. The first kappa shape index (κ1) is 16.4. The number of halogens is 1. The van der Waals surface area contributed by atoms with Gasteiger partial charge in [0.2, 0.25) is 5.89 Å². The average molecular weight is 370 g/mol. The van der Waals surface area contributed by atoms with Crippen molar-refractivity contribution in [3.05, 3.63) is 41.6 Å². The topological polar surface area (TPSA) is 99.9 Å². The van der Waals surface area contributed by atoms with Crippen LogP contribution >= 0.6 is 0 Å². The predicted molar refractivity (Wildman–Crippen MR) is 93.2 cm³/mol. The third kappa shape index (κ3) is 3.18. The predicted octanol–water partition coefficient (Wildman–Crippen LogP) is 2.31. The second kappa shape index (κ2) is 6.41. The highest BCUT2D eigenvalue weighted by molar-refractivity contribution is 5.90. The van der Waals surface area contributed by atoms with Crippen LogP contribution in [0.25, 0.3) is 11.0 Å². The molecule has 2 N–H and O–H groups in total. The van der Waals surface area contributed by atoms with Crippen LogP contribution in [0.4, 0.5) is 4.39 Å². The van der Waals surface area contributed by atoms with Gasteiger partial charge in [-0.3, -0.25) is 9.69 Å². The number of benzene rings is 1. The molecule has 1 atom stereocenters. The summed E-state index contributed by atoms with van der Waals surface area (Å²) in [7, 11) is 0. The SMILES string of the molecule is O=C(NC1CC1)c1noc([C@@H]2CCCN2Cc2nc3c(F)cccc3[nH]2)n1. The van der Waals surface area contributed by atoms with Crippen molar-refractivity contribution >= 4 is 16.9 Å². The van der Waals surface area contributed by atoms with Crippen LogP contribution in [0.3, 0.4) is 0 Å².